The summed E-state index contributed by atoms with van der Waals surface area (Å²) < 4.78 is 19.1. The van der Waals surface area contributed by atoms with Crippen molar-refractivity contribution >= 4 is 18.2 Å². The highest BCUT2D eigenvalue weighted by Crippen LogP contribution is 2.10. The van der Waals surface area contributed by atoms with Crippen LogP contribution in [0.3, 0.4) is 0 Å². The minimum Gasteiger partial charge on any atom is -0.449 e. The molecular formula is C13H19FN4O3. The van der Waals surface area contributed by atoms with Crippen LogP contribution in [-0.2, 0) is 4.74 Å². The van der Waals surface area contributed by atoms with E-state index in [2.05, 4.69) is 9.98 Å². The zero-order valence-electron chi connectivity index (χ0n) is 12.4. The van der Waals surface area contributed by atoms with Crippen molar-refractivity contribution in [3.63, 3.8) is 0 Å². The Kier molecular flexibility index (Phi) is 6.51. The van der Waals surface area contributed by atoms with Gasteiger partial charge in [-0.05, 0) is 6.42 Å². The fourth-order valence-corrected chi connectivity index (χ4v) is 1.40. The SMILES string of the molecule is CCCCCOC(=O)n1cc(F)c(N=CN(C)C)nc1=O. The summed E-state index contributed by atoms with van der Waals surface area (Å²) in [6, 6.07) is 0. The van der Waals surface area contributed by atoms with Crippen molar-refractivity contribution in [3.8, 4) is 0 Å². The molecule has 0 bridgehead atoms. The highest BCUT2D eigenvalue weighted by Gasteiger charge is 2.14. The molecule has 0 fully saturated rings. The average Bonchev–Trinajstić information content (AvgIpc) is 2.43. The van der Waals surface area contributed by atoms with E-state index in [1.807, 2.05) is 6.92 Å². The Hall–Kier alpha value is -2.25. The first-order valence-corrected chi connectivity index (χ1v) is 6.62. The lowest BCUT2D eigenvalue weighted by molar-refractivity contribution is 0.144. The second-order valence-corrected chi connectivity index (χ2v) is 4.59. The molecule has 1 heterocycles. The third-order valence-electron chi connectivity index (χ3n) is 2.44. The van der Waals surface area contributed by atoms with Crippen molar-refractivity contribution in [3.05, 3.63) is 22.5 Å². The molecule has 0 unspecified atom stereocenters. The Bertz CT molecular complexity index is 569. The van der Waals surface area contributed by atoms with Gasteiger partial charge in [-0.15, -0.1) is 0 Å². The molecule has 0 saturated carbocycles. The van der Waals surface area contributed by atoms with E-state index in [4.69, 9.17) is 4.74 Å². The van der Waals surface area contributed by atoms with Crippen molar-refractivity contribution in [1.82, 2.24) is 14.5 Å². The quantitative estimate of drug-likeness (QED) is 0.454. The second-order valence-electron chi connectivity index (χ2n) is 4.59. The molecule has 0 amide bonds. The van der Waals surface area contributed by atoms with E-state index < -0.39 is 17.6 Å². The van der Waals surface area contributed by atoms with Crippen LogP contribution in [-0.4, -0.2) is 47.6 Å². The number of aliphatic imine (C=N–C) groups is 1. The van der Waals surface area contributed by atoms with Crippen molar-refractivity contribution in [2.45, 2.75) is 26.2 Å². The highest BCUT2D eigenvalue weighted by atomic mass is 19.1. The molecule has 21 heavy (non-hydrogen) atoms. The van der Waals surface area contributed by atoms with Crippen LogP contribution in [0.2, 0.25) is 0 Å². The number of nitrogens with zero attached hydrogens (tertiary/aromatic N) is 4. The number of aromatic nitrogens is 2. The molecule has 0 spiro atoms. The second kappa shape index (κ2) is 8.13. The summed E-state index contributed by atoms with van der Waals surface area (Å²) in [4.78, 5) is 32.0. The van der Waals surface area contributed by atoms with Gasteiger partial charge in [0.25, 0.3) is 0 Å². The summed E-state index contributed by atoms with van der Waals surface area (Å²) in [6.45, 7) is 2.19. The van der Waals surface area contributed by atoms with Gasteiger partial charge in [-0.2, -0.15) is 9.55 Å². The van der Waals surface area contributed by atoms with Gasteiger partial charge in [-0.3, -0.25) is 0 Å². The third kappa shape index (κ3) is 5.33. The normalized spacial score (nSPS) is 10.9. The highest BCUT2D eigenvalue weighted by molar-refractivity contribution is 5.70. The minimum absolute atomic E-state index is 0.182. The zero-order valence-corrected chi connectivity index (χ0v) is 12.4. The predicted octanol–water partition coefficient (Wildman–Crippen LogP) is 1.78. The van der Waals surface area contributed by atoms with Gasteiger partial charge in [0.15, 0.2) is 11.6 Å². The van der Waals surface area contributed by atoms with E-state index in [9.17, 15) is 14.0 Å². The molecule has 1 aromatic heterocycles. The summed E-state index contributed by atoms with van der Waals surface area (Å²) in [5.41, 5.74) is -0.928. The number of carbonyl (C=O) groups is 1. The van der Waals surface area contributed by atoms with Crippen molar-refractivity contribution < 1.29 is 13.9 Å². The van der Waals surface area contributed by atoms with E-state index in [-0.39, 0.29) is 12.4 Å². The average molecular weight is 298 g/mol. The number of ether oxygens (including phenoxy) is 1. The molecule has 0 aromatic carbocycles. The van der Waals surface area contributed by atoms with Gasteiger partial charge in [0, 0.05) is 14.1 Å². The summed E-state index contributed by atoms with van der Waals surface area (Å²) in [5, 5.41) is 0. The summed E-state index contributed by atoms with van der Waals surface area (Å²) in [5.74, 6) is -1.25. The first-order valence-electron chi connectivity index (χ1n) is 6.62. The molecule has 8 heteroatoms. The standard InChI is InChI=1S/C13H19FN4O3/c1-4-5-6-7-21-13(20)18-8-10(14)11(16-12(18)19)15-9-17(2)3/h8-9H,4-7H2,1-3H3. The number of halogens is 1. The maximum Gasteiger partial charge on any atom is 0.422 e. The number of rotatable bonds is 6. The molecule has 0 saturated heterocycles. The first kappa shape index (κ1) is 16.8. The Labute approximate surface area is 122 Å². The van der Waals surface area contributed by atoms with E-state index in [1.165, 1.54) is 6.34 Å². The number of hydrogen-bond acceptors (Lipinski definition) is 5. The number of carbonyl (C=O) groups excluding carboxylic acids is 1. The molecule has 1 aromatic rings. The molecule has 0 aliphatic carbocycles. The fraction of sp³-hybridized carbons (Fsp3) is 0.538. The summed E-state index contributed by atoms with van der Waals surface area (Å²) in [6.07, 6.45) is 3.68. The molecule has 0 radical (unpaired) electrons. The maximum atomic E-state index is 13.7. The molecule has 0 aliphatic rings. The Morgan fingerprint density at radius 2 is 2.24 bits per heavy atom. The number of hydrogen-bond donors (Lipinski definition) is 0. The van der Waals surface area contributed by atoms with Gasteiger partial charge >= 0.3 is 11.8 Å². The van der Waals surface area contributed by atoms with Crippen LogP contribution >= 0.6 is 0 Å². The molecule has 0 atom stereocenters. The summed E-state index contributed by atoms with van der Waals surface area (Å²) in [7, 11) is 3.38. The predicted molar refractivity (Wildman–Crippen MR) is 76.6 cm³/mol. The van der Waals surface area contributed by atoms with E-state index in [0.29, 0.717) is 11.0 Å². The van der Waals surface area contributed by atoms with Gasteiger partial charge in [0.2, 0.25) is 0 Å². The monoisotopic (exact) mass is 298 g/mol. The van der Waals surface area contributed by atoms with Gasteiger partial charge in [-0.25, -0.2) is 19.0 Å². The van der Waals surface area contributed by atoms with E-state index >= 15 is 0 Å². The molecule has 116 valence electrons. The van der Waals surface area contributed by atoms with Crippen molar-refractivity contribution in [2.24, 2.45) is 4.99 Å². The lowest BCUT2D eigenvalue weighted by Crippen LogP contribution is -2.30. The van der Waals surface area contributed by atoms with Crippen molar-refractivity contribution in [1.29, 1.82) is 0 Å². The fourth-order valence-electron chi connectivity index (χ4n) is 1.40. The van der Waals surface area contributed by atoms with Crippen LogP contribution in [0.5, 0.6) is 0 Å². The smallest absolute Gasteiger partial charge is 0.422 e. The van der Waals surface area contributed by atoms with Crippen molar-refractivity contribution in [2.75, 3.05) is 20.7 Å². The van der Waals surface area contributed by atoms with E-state index in [1.54, 1.807) is 19.0 Å². The van der Waals surface area contributed by atoms with Crippen LogP contribution in [0, 0.1) is 5.82 Å². The zero-order chi connectivity index (χ0) is 15.8. The topological polar surface area (TPSA) is 76.8 Å². The van der Waals surface area contributed by atoms with Gasteiger partial charge in [0.1, 0.15) is 0 Å². The Morgan fingerprint density at radius 1 is 1.52 bits per heavy atom. The van der Waals surface area contributed by atoms with Crippen LogP contribution < -0.4 is 5.69 Å². The van der Waals surface area contributed by atoms with Crippen LogP contribution in [0.15, 0.2) is 16.0 Å². The first-order chi connectivity index (χ1) is 9.95. The minimum atomic E-state index is -0.939. The Balaban J connectivity index is 2.83. The van der Waals surface area contributed by atoms with E-state index in [0.717, 1.165) is 19.0 Å². The van der Waals surface area contributed by atoms with Crippen LogP contribution in [0.1, 0.15) is 26.2 Å². The molecule has 1 rings (SSSR count). The molecule has 0 N–H and O–H groups in total. The molecular weight excluding hydrogens is 279 g/mol. The molecule has 7 nitrogen and oxygen atoms in total. The lowest BCUT2D eigenvalue weighted by Gasteiger charge is -2.07. The maximum absolute atomic E-state index is 13.7. The lowest BCUT2D eigenvalue weighted by atomic mass is 10.3. The van der Waals surface area contributed by atoms with Gasteiger partial charge in [0.05, 0.1) is 19.1 Å². The largest absolute Gasteiger partial charge is 0.449 e. The van der Waals surface area contributed by atoms with Gasteiger partial charge in [-0.1, -0.05) is 19.8 Å². The summed E-state index contributed by atoms with van der Waals surface area (Å²) >= 11 is 0. The third-order valence-corrected chi connectivity index (χ3v) is 2.44. The molecule has 0 aliphatic heterocycles. The van der Waals surface area contributed by atoms with Gasteiger partial charge < -0.3 is 9.64 Å². The van der Waals surface area contributed by atoms with Crippen LogP contribution in [0.25, 0.3) is 0 Å². The van der Waals surface area contributed by atoms with Crippen LogP contribution in [0.4, 0.5) is 15.0 Å². The Morgan fingerprint density at radius 3 is 2.86 bits per heavy atom. The number of unbranched alkanes of at least 4 members (excludes halogenated alkanes) is 2.